The molecule has 0 aliphatic carbocycles. The molecule has 0 saturated heterocycles. The number of carbonyl (C=O) groups excluding carboxylic acids is 2. The van der Waals surface area contributed by atoms with E-state index in [0.29, 0.717) is 19.5 Å². The average molecular weight is 676 g/mol. The fraction of sp³-hybridized carbons (Fsp3) is 0.372. The first-order chi connectivity index (χ1) is 24.2. The minimum atomic E-state index is -0.478. The Morgan fingerprint density at radius 2 is 1.46 bits per heavy atom. The maximum Gasteiger partial charge on any atom is 0.407 e. The number of hydrogen-bond acceptors (Lipinski definition) is 4. The molecule has 2 aromatic carbocycles. The van der Waals surface area contributed by atoms with Crippen LogP contribution in [0.5, 0.6) is 0 Å². The molecule has 7 heteroatoms. The van der Waals surface area contributed by atoms with E-state index in [4.69, 9.17) is 4.74 Å². The van der Waals surface area contributed by atoms with E-state index in [1.165, 1.54) is 22.2 Å². The van der Waals surface area contributed by atoms with Crippen molar-refractivity contribution in [3.8, 4) is 0 Å². The molecule has 1 aromatic heterocycles. The van der Waals surface area contributed by atoms with Gasteiger partial charge in [0.05, 0.1) is 0 Å². The lowest BCUT2D eigenvalue weighted by atomic mass is 10.0. The van der Waals surface area contributed by atoms with Gasteiger partial charge in [0, 0.05) is 61.0 Å². The Labute approximate surface area is 299 Å². The summed E-state index contributed by atoms with van der Waals surface area (Å²) in [5.74, 6) is 0.127. The Balaban J connectivity index is 1.15. The summed E-state index contributed by atoms with van der Waals surface area (Å²) in [5.41, 5.74) is 5.48. The number of nitrogens with zero attached hydrogens (tertiary/aromatic N) is 2. The lowest BCUT2D eigenvalue weighted by Gasteiger charge is -2.30. The molecule has 0 atom stereocenters. The van der Waals surface area contributed by atoms with Gasteiger partial charge in [0.2, 0.25) is 17.1 Å². The standard InChI is InChI=1S/C43H54N4O3/c1-43(2,3)50-42(49)45-33-19-9-8-18-32-44-41(48)27-13-10-20-34-47-38(31-29-36-22-15-17-26-40(36)47)24-12-7-5-6-11-23-37-30-28-35-21-14-16-25-39(35)46(37)4/h5-7,11-12,14-17,21-26,28-31H,8-10,13,18-20,27,32-34H2,1-4H3,(H-,44,45,48,49)/p+1. The molecule has 7 nitrogen and oxygen atoms in total. The topological polar surface area (TPSA) is 74.5 Å². The third kappa shape index (κ3) is 12.8. The van der Waals surface area contributed by atoms with Crippen LogP contribution in [-0.2, 0) is 16.6 Å². The summed E-state index contributed by atoms with van der Waals surface area (Å²) in [6, 6.07) is 21.2. The molecule has 0 spiro atoms. The van der Waals surface area contributed by atoms with Gasteiger partial charge >= 0.3 is 6.09 Å². The van der Waals surface area contributed by atoms with Crippen LogP contribution in [0.2, 0.25) is 0 Å². The second-order valence-corrected chi connectivity index (χ2v) is 13.6. The van der Waals surface area contributed by atoms with Crippen LogP contribution in [0, 0.1) is 0 Å². The van der Waals surface area contributed by atoms with Gasteiger partial charge < -0.3 is 20.3 Å². The van der Waals surface area contributed by atoms with Gasteiger partial charge in [0.1, 0.15) is 12.6 Å². The Bertz CT molecular complexity index is 1710. The summed E-state index contributed by atoms with van der Waals surface area (Å²) < 4.78 is 7.45. The summed E-state index contributed by atoms with van der Waals surface area (Å²) in [5, 5.41) is 7.08. The quantitative estimate of drug-likeness (QED) is 0.0851. The smallest absolute Gasteiger partial charge is 0.407 e. The molecule has 0 radical (unpaired) electrons. The highest BCUT2D eigenvalue weighted by Gasteiger charge is 2.17. The molecule has 0 fully saturated rings. The number of ether oxygens (including phenoxy) is 1. The van der Waals surface area contributed by atoms with Crippen molar-refractivity contribution in [3.63, 3.8) is 0 Å². The van der Waals surface area contributed by atoms with Gasteiger partial charge in [-0.1, -0.05) is 86.1 Å². The fourth-order valence-electron chi connectivity index (χ4n) is 5.86. The van der Waals surface area contributed by atoms with Crippen molar-refractivity contribution in [2.45, 2.75) is 77.7 Å². The number of amides is 2. The average Bonchev–Trinajstić information content (AvgIpc) is 3.09. The van der Waals surface area contributed by atoms with Crippen molar-refractivity contribution in [1.29, 1.82) is 0 Å². The van der Waals surface area contributed by atoms with Crippen LogP contribution in [-0.4, -0.2) is 37.2 Å². The van der Waals surface area contributed by atoms with E-state index in [-0.39, 0.29) is 12.0 Å². The highest BCUT2D eigenvalue weighted by Crippen LogP contribution is 2.31. The minimum Gasteiger partial charge on any atom is -0.444 e. The molecule has 50 heavy (non-hydrogen) atoms. The number of pyridine rings is 1. The molecule has 1 aliphatic rings. The summed E-state index contributed by atoms with van der Waals surface area (Å²) >= 11 is 0. The van der Waals surface area contributed by atoms with Crippen molar-refractivity contribution in [2.24, 2.45) is 7.05 Å². The van der Waals surface area contributed by atoms with Crippen molar-refractivity contribution in [1.82, 2.24) is 10.6 Å². The second-order valence-electron chi connectivity index (χ2n) is 13.6. The number of unbranched alkanes of at least 4 members (excludes halogenated alkanes) is 5. The monoisotopic (exact) mass is 675 g/mol. The largest absolute Gasteiger partial charge is 0.444 e. The zero-order chi connectivity index (χ0) is 35.6. The van der Waals surface area contributed by atoms with Crippen LogP contribution in [0.4, 0.5) is 10.5 Å². The first kappa shape index (κ1) is 37.9. The number of benzene rings is 2. The first-order valence-electron chi connectivity index (χ1n) is 18.1. The van der Waals surface area contributed by atoms with Crippen molar-refractivity contribution in [2.75, 3.05) is 24.5 Å². The number of hydrogen-bond donors (Lipinski definition) is 2. The van der Waals surface area contributed by atoms with E-state index >= 15 is 0 Å². The summed E-state index contributed by atoms with van der Waals surface area (Å²) in [7, 11) is 2.10. The number of aryl methyl sites for hydroxylation is 1. The molecule has 1 aliphatic heterocycles. The van der Waals surface area contributed by atoms with Gasteiger partial charge in [-0.05, 0) is 82.4 Å². The van der Waals surface area contributed by atoms with Crippen molar-refractivity contribution >= 4 is 40.7 Å². The Morgan fingerprint density at radius 1 is 0.760 bits per heavy atom. The number of rotatable bonds is 17. The van der Waals surface area contributed by atoms with Crippen LogP contribution >= 0.6 is 0 Å². The third-order valence-corrected chi connectivity index (χ3v) is 8.45. The highest BCUT2D eigenvalue weighted by molar-refractivity contribution is 5.77. The molecule has 3 aromatic rings. The zero-order valence-electron chi connectivity index (χ0n) is 30.4. The van der Waals surface area contributed by atoms with Crippen LogP contribution in [0.1, 0.15) is 83.4 Å². The Hall–Kier alpha value is -4.91. The molecule has 264 valence electrons. The highest BCUT2D eigenvalue weighted by atomic mass is 16.6. The van der Waals surface area contributed by atoms with Crippen LogP contribution in [0.25, 0.3) is 23.1 Å². The number of para-hydroxylation sites is 2. The van der Waals surface area contributed by atoms with E-state index in [9.17, 15) is 9.59 Å². The van der Waals surface area contributed by atoms with E-state index < -0.39 is 5.60 Å². The predicted molar refractivity (Wildman–Crippen MR) is 208 cm³/mol. The molecule has 2 N–H and O–H groups in total. The molecular weight excluding hydrogens is 620 g/mol. The number of fused-ring (bicyclic) bond motifs is 2. The summed E-state index contributed by atoms with van der Waals surface area (Å²) in [6.07, 6.45) is 25.9. The van der Waals surface area contributed by atoms with E-state index in [0.717, 1.165) is 62.9 Å². The number of alkyl carbamates (subject to hydrolysis) is 1. The van der Waals surface area contributed by atoms with Crippen LogP contribution in [0.15, 0.2) is 109 Å². The minimum absolute atomic E-state index is 0.127. The fourth-order valence-corrected chi connectivity index (χ4v) is 5.86. The summed E-state index contributed by atoms with van der Waals surface area (Å²) in [4.78, 5) is 26.4. The molecular formula is C43H55N4O3+. The van der Waals surface area contributed by atoms with E-state index in [2.05, 4.69) is 142 Å². The van der Waals surface area contributed by atoms with Crippen molar-refractivity contribution in [3.05, 3.63) is 120 Å². The molecule has 2 heterocycles. The normalized spacial score (nSPS) is 13.9. The zero-order valence-corrected chi connectivity index (χ0v) is 30.4. The molecule has 0 saturated carbocycles. The lowest BCUT2D eigenvalue weighted by molar-refractivity contribution is -0.646. The van der Waals surface area contributed by atoms with Gasteiger partial charge in [0.15, 0.2) is 0 Å². The number of nitrogens with one attached hydrogen (secondary N) is 2. The predicted octanol–water partition coefficient (Wildman–Crippen LogP) is 8.97. The molecule has 0 unspecified atom stereocenters. The Morgan fingerprint density at radius 3 is 2.28 bits per heavy atom. The van der Waals surface area contributed by atoms with Gasteiger partial charge in [-0.25, -0.2) is 4.79 Å². The number of anilines is 1. The van der Waals surface area contributed by atoms with E-state index in [1.54, 1.807) is 0 Å². The maximum atomic E-state index is 12.4. The van der Waals surface area contributed by atoms with Crippen molar-refractivity contribution < 1.29 is 18.9 Å². The summed E-state index contributed by atoms with van der Waals surface area (Å²) in [6.45, 7) is 7.77. The van der Waals surface area contributed by atoms with Gasteiger partial charge in [-0.2, -0.15) is 4.57 Å². The maximum absolute atomic E-state index is 12.4. The number of aromatic nitrogens is 1. The third-order valence-electron chi connectivity index (χ3n) is 8.45. The second kappa shape index (κ2) is 19.9. The molecule has 0 bridgehead atoms. The van der Waals surface area contributed by atoms with Gasteiger partial charge in [0.25, 0.3) is 0 Å². The number of carbonyl (C=O) groups is 2. The molecule has 4 rings (SSSR count). The van der Waals surface area contributed by atoms with Gasteiger partial charge in [-0.3, -0.25) is 4.79 Å². The van der Waals surface area contributed by atoms with Crippen LogP contribution < -0.4 is 20.1 Å². The molecule has 2 amide bonds. The SMILES string of the molecule is C[n+]1c(C=CC=CC=CC=C2C=Cc3ccccc3N2CCCCCC(=O)NCCCCCCNC(=O)OC(C)(C)C)ccc2ccccc21. The number of allylic oxidation sites excluding steroid dienone is 7. The van der Waals surface area contributed by atoms with Crippen LogP contribution in [0.3, 0.4) is 0 Å². The lowest BCUT2D eigenvalue weighted by Crippen LogP contribution is -2.33. The Kier molecular flexibility index (Phi) is 15.1. The first-order valence-corrected chi connectivity index (χ1v) is 18.1. The van der Waals surface area contributed by atoms with Gasteiger partial charge in [-0.15, -0.1) is 0 Å². The van der Waals surface area contributed by atoms with E-state index in [1.807, 2.05) is 20.8 Å².